The lowest BCUT2D eigenvalue weighted by Crippen LogP contribution is -2.32. The fourth-order valence-electron chi connectivity index (χ4n) is 2.66. The smallest absolute Gasteiger partial charge is 0.251 e. The van der Waals surface area contributed by atoms with E-state index in [-0.39, 0.29) is 5.91 Å². The minimum Gasteiger partial charge on any atom is -0.349 e. The van der Waals surface area contributed by atoms with Gasteiger partial charge in [-0.15, -0.1) is 10.2 Å². The number of amides is 1. The number of aromatic amines is 1. The summed E-state index contributed by atoms with van der Waals surface area (Å²) >= 11 is 0. The summed E-state index contributed by atoms with van der Waals surface area (Å²) in [6.45, 7) is 2.23. The van der Waals surface area contributed by atoms with Crippen molar-refractivity contribution in [3.05, 3.63) is 29.8 Å². The molecule has 6 nitrogen and oxygen atoms in total. The second-order valence-electron chi connectivity index (χ2n) is 5.40. The summed E-state index contributed by atoms with van der Waals surface area (Å²) in [6, 6.07) is 7.56. The topological polar surface area (TPSA) is 83.6 Å². The normalized spacial score (nSPS) is 21.9. The molecule has 0 saturated heterocycles. The summed E-state index contributed by atoms with van der Waals surface area (Å²) in [7, 11) is 0. The summed E-state index contributed by atoms with van der Waals surface area (Å²) in [5.74, 6) is 1.23. The highest BCUT2D eigenvalue weighted by molar-refractivity contribution is 5.94. The van der Waals surface area contributed by atoms with Crippen LogP contribution in [0.4, 0.5) is 0 Å². The minimum atomic E-state index is -0.0104. The molecule has 20 heavy (non-hydrogen) atoms. The van der Waals surface area contributed by atoms with Crippen molar-refractivity contribution < 1.29 is 4.79 Å². The molecule has 0 radical (unpaired) electrons. The van der Waals surface area contributed by atoms with Crippen LogP contribution >= 0.6 is 0 Å². The second-order valence-corrected chi connectivity index (χ2v) is 5.40. The maximum absolute atomic E-state index is 12.1. The molecule has 2 unspecified atom stereocenters. The summed E-state index contributed by atoms with van der Waals surface area (Å²) in [4.78, 5) is 12.1. The Hall–Kier alpha value is -2.24. The van der Waals surface area contributed by atoms with Crippen molar-refractivity contribution in [1.29, 1.82) is 0 Å². The van der Waals surface area contributed by atoms with Crippen LogP contribution in [-0.4, -0.2) is 32.6 Å². The third kappa shape index (κ3) is 2.68. The van der Waals surface area contributed by atoms with E-state index in [0.717, 1.165) is 18.4 Å². The van der Waals surface area contributed by atoms with Gasteiger partial charge in [-0.3, -0.25) is 4.79 Å². The fraction of sp³-hybridized carbons (Fsp3) is 0.429. The van der Waals surface area contributed by atoms with Crippen LogP contribution in [0.1, 0.15) is 36.5 Å². The summed E-state index contributed by atoms with van der Waals surface area (Å²) in [5.41, 5.74) is 1.50. The van der Waals surface area contributed by atoms with E-state index in [2.05, 4.69) is 32.9 Å². The van der Waals surface area contributed by atoms with Crippen molar-refractivity contribution in [2.45, 2.75) is 32.2 Å². The van der Waals surface area contributed by atoms with Crippen molar-refractivity contribution in [3.63, 3.8) is 0 Å². The third-order valence-corrected chi connectivity index (χ3v) is 3.78. The van der Waals surface area contributed by atoms with Gasteiger partial charge in [0.05, 0.1) is 0 Å². The zero-order valence-corrected chi connectivity index (χ0v) is 11.3. The monoisotopic (exact) mass is 271 g/mol. The molecule has 2 atom stereocenters. The lowest BCUT2D eigenvalue weighted by atomic mass is 10.1. The number of hydrogen-bond acceptors (Lipinski definition) is 4. The molecule has 1 heterocycles. The van der Waals surface area contributed by atoms with E-state index in [1.54, 1.807) is 12.1 Å². The Morgan fingerprint density at radius 2 is 2.10 bits per heavy atom. The van der Waals surface area contributed by atoms with Crippen LogP contribution in [0, 0.1) is 5.92 Å². The molecule has 104 valence electrons. The van der Waals surface area contributed by atoms with Crippen LogP contribution in [0.5, 0.6) is 0 Å². The fourth-order valence-corrected chi connectivity index (χ4v) is 2.66. The molecule has 0 spiro atoms. The molecule has 1 amide bonds. The highest BCUT2D eigenvalue weighted by atomic mass is 16.1. The molecule has 6 heteroatoms. The highest BCUT2D eigenvalue weighted by Gasteiger charge is 2.23. The Kier molecular flexibility index (Phi) is 3.45. The van der Waals surface area contributed by atoms with E-state index in [0.29, 0.717) is 23.3 Å². The molecule has 1 fully saturated rings. The molecule has 0 bridgehead atoms. The van der Waals surface area contributed by atoms with Gasteiger partial charge in [-0.1, -0.05) is 19.1 Å². The Bertz CT molecular complexity index is 578. The number of tetrazole rings is 1. The van der Waals surface area contributed by atoms with Crippen molar-refractivity contribution in [1.82, 2.24) is 25.9 Å². The van der Waals surface area contributed by atoms with Crippen LogP contribution in [-0.2, 0) is 0 Å². The van der Waals surface area contributed by atoms with E-state index in [4.69, 9.17) is 0 Å². The zero-order valence-electron chi connectivity index (χ0n) is 11.3. The predicted octanol–water partition coefficient (Wildman–Crippen LogP) is 1.79. The maximum Gasteiger partial charge on any atom is 0.251 e. The Morgan fingerprint density at radius 1 is 1.30 bits per heavy atom. The summed E-state index contributed by atoms with van der Waals surface area (Å²) < 4.78 is 0. The van der Waals surface area contributed by atoms with Gasteiger partial charge in [0.15, 0.2) is 0 Å². The van der Waals surface area contributed by atoms with Crippen LogP contribution in [0.3, 0.4) is 0 Å². The van der Waals surface area contributed by atoms with Gasteiger partial charge >= 0.3 is 0 Å². The van der Waals surface area contributed by atoms with Crippen LogP contribution < -0.4 is 5.32 Å². The number of H-pyrrole nitrogens is 1. The molecule has 1 aliphatic rings. The predicted molar refractivity (Wildman–Crippen MR) is 73.9 cm³/mol. The number of aromatic nitrogens is 4. The minimum absolute atomic E-state index is 0.0104. The van der Waals surface area contributed by atoms with E-state index >= 15 is 0 Å². The van der Waals surface area contributed by atoms with Gasteiger partial charge in [-0.05, 0) is 42.5 Å². The first-order chi connectivity index (χ1) is 9.72. The number of benzene rings is 1. The Morgan fingerprint density at radius 3 is 2.70 bits per heavy atom. The molecule has 2 aromatic rings. The summed E-state index contributed by atoms with van der Waals surface area (Å²) in [6.07, 6.45) is 3.35. The molecule has 1 aromatic heterocycles. The quantitative estimate of drug-likeness (QED) is 0.891. The van der Waals surface area contributed by atoms with Crippen LogP contribution in [0.2, 0.25) is 0 Å². The van der Waals surface area contributed by atoms with E-state index < -0.39 is 0 Å². The number of nitrogens with one attached hydrogen (secondary N) is 2. The molecule has 1 aromatic carbocycles. The van der Waals surface area contributed by atoms with E-state index in [1.807, 2.05) is 12.1 Å². The Balaban J connectivity index is 1.66. The standard InChI is InChI=1S/C14H17N5O/c1-9-2-7-12(8-9)15-14(20)11-5-3-10(4-6-11)13-16-18-19-17-13/h3-6,9,12H,2,7-8H2,1H3,(H,15,20)(H,16,17,18,19). The van der Waals surface area contributed by atoms with Crippen molar-refractivity contribution in [2.24, 2.45) is 5.92 Å². The number of hydrogen-bond donors (Lipinski definition) is 2. The summed E-state index contributed by atoms with van der Waals surface area (Å²) in [5, 5.41) is 16.8. The number of rotatable bonds is 3. The lowest BCUT2D eigenvalue weighted by Gasteiger charge is -2.12. The van der Waals surface area contributed by atoms with Gasteiger partial charge < -0.3 is 5.32 Å². The van der Waals surface area contributed by atoms with Gasteiger partial charge in [0.1, 0.15) is 0 Å². The van der Waals surface area contributed by atoms with E-state index in [1.165, 1.54) is 6.42 Å². The molecule has 2 N–H and O–H groups in total. The van der Waals surface area contributed by atoms with Gasteiger partial charge in [-0.25, -0.2) is 0 Å². The molecule has 1 saturated carbocycles. The maximum atomic E-state index is 12.1. The molecule has 0 aliphatic heterocycles. The highest BCUT2D eigenvalue weighted by Crippen LogP contribution is 2.25. The number of carbonyl (C=O) groups excluding carboxylic acids is 1. The first-order valence-electron chi connectivity index (χ1n) is 6.87. The Labute approximate surface area is 117 Å². The van der Waals surface area contributed by atoms with Gasteiger partial charge in [0, 0.05) is 17.2 Å². The third-order valence-electron chi connectivity index (χ3n) is 3.78. The number of nitrogens with zero attached hydrogens (tertiary/aromatic N) is 3. The molecule has 3 rings (SSSR count). The van der Waals surface area contributed by atoms with Gasteiger partial charge in [-0.2, -0.15) is 5.21 Å². The molecular weight excluding hydrogens is 254 g/mol. The first-order valence-corrected chi connectivity index (χ1v) is 6.87. The lowest BCUT2D eigenvalue weighted by molar-refractivity contribution is 0.0937. The largest absolute Gasteiger partial charge is 0.349 e. The van der Waals surface area contributed by atoms with E-state index in [9.17, 15) is 4.79 Å². The van der Waals surface area contributed by atoms with Gasteiger partial charge in [0.2, 0.25) is 5.82 Å². The average Bonchev–Trinajstić information content (AvgIpc) is 3.11. The van der Waals surface area contributed by atoms with Crippen molar-refractivity contribution >= 4 is 5.91 Å². The van der Waals surface area contributed by atoms with Crippen molar-refractivity contribution in [2.75, 3.05) is 0 Å². The second kappa shape index (κ2) is 5.40. The first kappa shape index (κ1) is 12.8. The molecule has 1 aliphatic carbocycles. The van der Waals surface area contributed by atoms with Crippen molar-refractivity contribution in [3.8, 4) is 11.4 Å². The average molecular weight is 271 g/mol. The van der Waals surface area contributed by atoms with Gasteiger partial charge in [0.25, 0.3) is 5.91 Å². The van der Waals surface area contributed by atoms with Crippen LogP contribution in [0.15, 0.2) is 24.3 Å². The molecular formula is C14H17N5O. The number of carbonyl (C=O) groups is 1. The zero-order chi connectivity index (χ0) is 13.9. The SMILES string of the molecule is CC1CCC(NC(=O)c2ccc(-c3nn[nH]n3)cc2)C1. The van der Waals surface area contributed by atoms with Crippen LogP contribution in [0.25, 0.3) is 11.4 Å².